The quantitative estimate of drug-likeness (QED) is 0.529. The summed E-state index contributed by atoms with van der Waals surface area (Å²) in [6, 6.07) is 6.24. The summed E-state index contributed by atoms with van der Waals surface area (Å²) in [6.45, 7) is 5.26. The molecule has 2 fully saturated rings. The van der Waals surface area contributed by atoms with Gasteiger partial charge in [-0.25, -0.2) is 0 Å². The van der Waals surface area contributed by atoms with Crippen LogP contribution >= 0.6 is 11.6 Å². The van der Waals surface area contributed by atoms with Crippen molar-refractivity contribution in [3.63, 3.8) is 0 Å². The van der Waals surface area contributed by atoms with Gasteiger partial charge in [0.1, 0.15) is 0 Å². The smallest absolute Gasteiger partial charge is 0.269 e. The molecule has 1 saturated carbocycles. The minimum absolute atomic E-state index is 0.289. The minimum Gasteiger partial charge on any atom is -0.296 e. The van der Waals surface area contributed by atoms with Crippen LogP contribution in [0.5, 0.6) is 0 Å². The number of hydrogen-bond donors (Lipinski definition) is 3. The van der Waals surface area contributed by atoms with Crippen molar-refractivity contribution in [1.82, 2.24) is 16.2 Å². The fourth-order valence-corrected chi connectivity index (χ4v) is 4.72. The highest BCUT2D eigenvalue weighted by Crippen LogP contribution is 2.56. The lowest BCUT2D eigenvalue weighted by Crippen LogP contribution is -2.64. The molecule has 144 valence electrons. The van der Waals surface area contributed by atoms with E-state index >= 15 is 0 Å². The molecule has 2 aliphatic rings. The zero-order valence-electron chi connectivity index (χ0n) is 15.4. The van der Waals surface area contributed by atoms with Crippen molar-refractivity contribution in [2.45, 2.75) is 40.0 Å². The Morgan fingerprint density at radius 2 is 1.44 bits per heavy atom. The predicted octanol–water partition coefficient (Wildman–Crippen LogP) is 1.96. The molecule has 0 radical (unpaired) electrons. The van der Waals surface area contributed by atoms with E-state index in [0.717, 1.165) is 0 Å². The maximum absolute atomic E-state index is 12.8. The maximum atomic E-state index is 12.8. The molecule has 3 N–H and O–H groups in total. The topological polar surface area (TPSA) is 104 Å². The minimum atomic E-state index is -0.970. The molecule has 3 rings (SSSR count). The Balaban J connectivity index is 1.74. The van der Waals surface area contributed by atoms with Crippen molar-refractivity contribution in [3.8, 4) is 0 Å². The molecule has 2 bridgehead atoms. The van der Waals surface area contributed by atoms with Crippen LogP contribution in [-0.4, -0.2) is 23.6 Å². The van der Waals surface area contributed by atoms with Crippen molar-refractivity contribution in [3.05, 3.63) is 34.9 Å². The van der Waals surface area contributed by atoms with E-state index in [-0.39, 0.29) is 24.7 Å². The number of halogens is 1. The van der Waals surface area contributed by atoms with Crippen molar-refractivity contribution >= 4 is 35.2 Å². The van der Waals surface area contributed by atoms with Gasteiger partial charge in [-0.2, -0.15) is 0 Å². The molecule has 1 aliphatic heterocycles. The molecule has 2 unspecified atom stereocenters. The summed E-state index contributed by atoms with van der Waals surface area (Å²) >= 11 is 5.80. The third kappa shape index (κ3) is 3.43. The molecule has 2 atom stereocenters. The highest BCUT2D eigenvalue weighted by Gasteiger charge is 2.60. The second-order valence-electron chi connectivity index (χ2n) is 8.41. The summed E-state index contributed by atoms with van der Waals surface area (Å²) in [6.07, 6.45) is 0.985. The van der Waals surface area contributed by atoms with Crippen LogP contribution in [0.1, 0.15) is 50.4 Å². The number of piperidine rings is 1. The summed E-state index contributed by atoms with van der Waals surface area (Å²) in [7, 11) is 0. The van der Waals surface area contributed by atoms with E-state index < -0.39 is 28.1 Å². The molecule has 1 heterocycles. The lowest BCUT2D eigenvalue weighted by molar-refractivity contribution is -0.164. The van der Waals surface area contributed by atoms with E-state index in [2.05, 4.69) is 16.2 Å². The normalized spacial score (nSPS) is 32.4. The van der Waals surface area contributed by atoms with Gasteiger partial charge >= 0.3 is 0 Å². The molecule has 0 aromatic heterocycles. The number of carbonyl (C=O) groups excluding carboxylic acids is 4. The number of hydrazine groups is 1. The molecule has 1 aliphatic carbocycles. The Morgan fingerprint density at radius 3 is 1.96 bits per heavy atom. The predicted molar refractivity (Wildman–Crippen MR) is 98.4 cm³/mol. The molecule has 1 aromatic rings. The van der Waals surface area contributed by atoms with Crippen molar-refractivity contribution in [1.29, 1.82) is 0 Å². The van der Waals surface area contributed by atoms with Gasteiger partial charge in [-0.1, -0.05) is 32.4 Å². The number of fused-ring (bicyclic) bond motifs is 2. The third-order valence-corrected chi connectivity index (χ3v) is 5.86. The van der Waals surface area contributed by atoms with Gasteiger partial charge in [0.25, 0.3) is 5.91 Å². The van der Waals surface area contributed by atoms with Crippen molar-refractivity contribution in [2.24, 2.45) is 16.2 Å². The first-order valence-corrected chi connectivity index (χ1v) is 9.08. The van der Waals surface area contributed by atoms with Gasteiger partial charge in [-0.15, -0.1) is 0 Å². The second-order valence-corrected chi connectivity index (χ2v) is 8.85. The van der Waals surface area contributed by atoms with Crippen LogP contribution in [-0.2, 0) is 14.4 Å². The Hall–Kier alpha value is -2.41. The van der Waals surface area contributed by atoms with E-state index in [0.29, 0.717) is 17.0 Å². The zero-order chi connectivity index (χ0) is 20.0. The first-order chi connectivity index (χ1) is 12.5. The molecular weight excluding hydrogens is 370 g/mol. The Morgan fingerprint density at radius 1 is 0.926 bits per heavy atom. The molecule has 7 nitrogen and oxygen atoms in total. The van der Waals surface area contributed by atoms with E-state index in [9.17, 15) is 19.2 Å². The fourth-order valence-electron chi connectivity index (χ4n) is 4.60. The second kappa shape index (κ2) is 6.34. The summed E-state index contributed by atoms with van der Waals surface area (Å²) in [5.41, 5.74) is 2.58. The SMILES string of the molecule is CC1(C(=O)NNC(=O)c2ccc(Cl)cc2)CC2(C)CC(C)(C1)C(=O)NC2=O. The molecule has 4 amide bonds. The lowest BCUT2D eigenvalue weighted by Gasteiger charge is -2.53. The molecule has 1 aromatic carbocycles. The van der Waals surface area contributed by atoms with Crippen LogP contribution in [0.25, 0.3) is 0 Å². The van der Waals surface area contributed by atoms with Crippen LogP contribution in [0.3, 0.4) is 0 Å². The number of rotatable bonds is 2. The summed E-state index contributed by atoms with van der Waals surface area (Å²) in [4.78, 5) is 49.7. The van der Waals surface area contributed by atoms with Crippen LogP contribution in [0, 0.1) is 16.2 Å². The van der Waals surface area contributed by atoms with Gasteiger partial charge in [0.05, 0.1) is 5.41 Å². The third-order valence-electron chi connectivity index (χ3n) is 5.61. The van der Waals surface area contributed by atoms with Crippen LogP contribution < -0.4 is 16.2 Å². The average molecular weight is 392 g/mol. The summed E-state index contributed by atoms with van der Waals surface area (Å²) in [5, 5.41) is 2.93. The number of carbonyl (C=O) groups is 4. The Kier molecular flexibility index (Phi) is 4.54. The van der Waals surface area contributed by atoms with Gasteiger partial charge < -0.3 is 0 Å². The molecule has 27 heavy (non-hydrogen) atoms. The first kappa shape index (κ1) is 19.4. The van der Waals surface area contributed by atoms with Gasteiger partial charge in [0.15, 0.2) is 0 Å². The molecule has 8 heteroatoms. The van der Waals surface area contributed by atoms with Gasteiger partial charge in [-0.3, -0.25) is 35.3 Å². The van der Waals surface area contributed by atoms with Crippen LogP contribution in [0.4, 0.5) is 0 Å². The Labute approximate surface area is 162 Å². The standard InChI is InChI=1S/C19H22ClN3O4/c1-17-8-18(2,15(26)21-14(17)25)10-19(3,9-17)16(27)23-22-13(24)11-4-6-12(20)7-5-11/h4-7H,8-10H2,1-3H3,(H,22,24)(H,23,27)(H,21,25,26). The van der Waals surface area contributed by atoms with E-state index in [1.54, 1.807) is 45.0 Å². The van der Waals surface area contributed by atoms with Gasteiger partial charge in [-0.05, 0) is 43.5 Å². The number of imide groups is 1. The number of amides is 4. The summed E-state index contributed by atoms with van der Waals surface area (Å²) < 4.78 is 0. The number of nitrogens with one attached hydrogen (secondary N) is 3. The number of benzene rings is 1. The lowest BCUT2D eigenvalue weighted by atomic mass is 9.52. The van der Waals surface area contributed by atoms with Crippen molar-refractivity contribution in [2.75, 3.05) is 0 Å². The van der Waals surface area contributed by atoms with Gasteiger partial charge in [0, 0.05) is 21.4 Å². The highest BCUT2D eigenvalue weighted by atomic mass is 35.5. The largest absolute Gasteiger partial charge is 0.296 e. The van der Waals surface area contributed by atoms with E-state index in [1.165, 1.54) is 0 Å². The molecule has 1 saturated heterocycles. The van der Waals surface area contributed by atoms with Crippen LogP contribution in [0.2, 0.25) is 5.02 Å². The van der Waals surface area contributed by atoms with Crippen molar-refractivity contribution < 1.29 is 19.2 Å². The van der Waals surface area contributed by atoms with Crippen LogP contribution in [0.15, 0.2) is 24.3 Å². The maximum Gasteiger partial charge on any atom is 0.269 e. The van der Waals surface area contributed by atoms with E-state index in [4.69, 9.17) is 11.6 Å². The monoisotopic (exact) mass is 391 g/mol. The highest BCUT2D eigenvalue weighted by molar-refractivity contribution is 6.30. The molecular formula is C19H22ClN3O4. The summed E-state index contributed by atoms with van der Waals surface area (Å²) in [5.74, 6) is -1.61. The molecule has 0 spiro atoms. The first-order valence-electron chi connectivity index (χ1n) is 8.70. The van der Waals surface area contributed by atoms with E-state index in [1.807, 2.05) is 0 Å². The number of hydrogen-bond acceptors (Lipinski definition) is 4. The zero-order valence-corrected chi connectivity index (χ0v) is 16.2. The van der Waals surface area contributed by atoms with Gasteiger partial charge in [0.2, 0.25) is 17.7 Å². The average Bonchev–Trinajstić information content (AvgIpc) is 2.57. The Bertz CT molecular complexity index is 810. The fraction of sp³-hybridized carbons (Fsp3) is 0.474.